The van der Waals surface area contributed by atoms with Crippen LogP contribution in [0.1, 0.15) is 29.2 Å². The van der Waals surface area contributed by atoms with Crippen LogP contribution in [0.2, 0.25) is 0 Å². The monoisotopic (exact) mass is 349 g/mol. The minimum atomic E-state index is -0.387. The van der Waals surface area contributed by atoms with Gasteiger partial charge < -0.3 is 14.6 Å². The molecule has 2 aromatic rings. The van der Waals surface area contributed by atoms with Crippen LogP contribution in [0, 0.1) is 0 Å². The van der Waals surface area contributed by atoms with Gasteiger partial charge in [-0.2, -0.15) is 0 Å². The van der Waals surface area contributed by atoms with E-state index in [4.69, 9.17) is 9.47 Å². The normalized spacial score (nSPS) is 24.9. The highest BCUT2D eigenvalue weighted by Crippen LogP contribution is 2.40. The minimum Gasteiger partial charge on any atom is -0.486 e. The van der Waals surface area contributed by atoms with Crippen molar-refractivity contribution in [3.05, 3.63) is 65.2 Å². The lowest BCUT2D eigenvalue weighted by molar-refractivity contribution is 0.0669. The van der Waals surface area contributed by atoms with Gasteiger partial charge in [0.2, 0.25) is 0 Å². The van der Waals surface area contributed by atoms with E-state index in [1.165, 1.54) is 11.1 Å². The Morgan fingerprint density at radius 3 is 2.73 bits per heavy atom. The average molecular weight is 349 g/mol. The van der Waals surface area contributed by atoms with Crippen LogP contribution in [0.3, 0.4) is 0 Å². The molecule has 4 heteroatoms. The molecule has 2 aliphatic heterocycles. The molecule has 1 aliphatic carbocycles. The van der Waals surface area contributed by atoms with Crippen LogP contribution < -0.4 is 9.47 Å². The summed E-state index contributed by atoms with van der Waals surface area (Å²) in [5, 5.41) is 10.7. The molecule has 26 heavy (non-hydrogen) atoms. The Kier molecular flexibility index (Phi) is 3.95. The van der Waals surface area contributed by atoms with Crippen molar-refractivity contribution in [1.29, 1.82) is 0 Å². The van der Waals surface area contributed by atoms with E-state index in [0.29, 0.717) is 13.2 Å². The quantitative estimate of drug-likeness (QED) is 0.904. The summed E-state index contributed by atoms with van der Waals surface area (Å²) in [4.78, 5) is 2.40. The predicted octanol–water partition coefficient (Wildman–Crippen LogP) is 3.21. The smallest absolute Gasteiger partial charge is 0.168 e. The van der Waals surface area contributed by atoms with Crippen molar-refractivity contribution in [2.24, 2.45) is 0 Å². The van der Waals surface area contributed by atoms with Crippen molar-refractivity contribution in [1.82, 2.24) is 4.90 Å². The summed E-state index contributed by atoms with van der Waals surface area (Å²) >= 11 is 0. The fourth-order valence-corrected chi connectivity index (χ4v) is 4.44. The summed E-state index contributed by atoms with van der Waals surface area (Å²) < 4.78 is 11.6. The third-order valence-electron chi connectivity index (χ3n) is 5.79. The van der Waals surface area contributed by atoms with Gasteiger partial charge in [0.1, 0.15) is 13.2 Å². The zero-order chi connectivity index (χ0) is 17.5. The van der Waals surface area contributed by atoms with Gasteiger partial charge in [0, 0.05) is 24.7 Å². The van der Waals surface area contributed by atoms with Gasteiger partial charge in [-0.1, -0.05) is 42.5 Å². The van der Waals surface area contributed by atoms with E-state index in [2.05, 4.69) is 35.2 Å². The Balaban J connectivity index is 1.36. The number of hydrogen-bond acceptors (Lipinski definition) is 4. The first-order chi connectivity index (χ1) is 12.8. The van der Waals surface area contributed by atoms with Gasteiger partial charge in [0.05, 0.1) is 6.10 Å². The van der Waals surface area contributed by atoms with Crippen LogP contribution >= 0.6 is 0 Å². The van der Waals surface area contributed by atoms with E-state index in [-0.39, 0.29) is 12.1 Å². The van der Waals surface area contributed by atoms with Crippen LogP contribution in [0.5, 0.6) is 11.5 Å². The van der Waals surface area contributed by atoms with Gasteiger partial charge in [-0.05, 0) is 35.6 Å². The second-order valence-corrected chi connectivity index (χ2v) is 7.22. The lowest BCUT2D eigenvalue weighted by atomic mass is 9.96. The maximum atomic E-state index is 10.7. The molecule has 0 radical (unpaired) electrons. The predicted molar refractivity (Wildman–Crippen MR) is 100 cm³/mol. The SMILES string of the molecule is O[C@@H]1c2ccccc2C[C@@H]1N1CC=C(c2cccc3c2OCCO3)CC1. The van der Waals surface area contributed by atoms with E-state index in [1.807, 2.05) is 18.2 Å². The molecule has 0 fully saturated rings. The molecule has 4 nitrogen and oxygen atoms in total. The number of nitrogens with zero attached hydrogens (tertiary/aromatic N) is 1. The molecule has 0 aromatic heterocycles. The maximum Gasteiger partial charge on any atom is 0.168 e. The summed E-state index contributed by atoms with van der Waals surface area (Å²) in [7, 11) is 0. The number of hydrogen-bond donors (Lipinski definition) is 1. The largest absolute Gasteiger partial charge is 0.486 e. The lowest BCUT2D eigenvalue weighted by Gasteiger charge is -2.34. The van der Waals surface area contributed by atoms with Crippen LogP contribution in [-0.4, -0.2) is 42.4 Å². The van der Waals surface area contributed by atoms with Crippen molar-refractivity contribution in [2.45, 2.75) is 25.0 Å². The average Bonchev–Trinajstić information content (AvgIpc) is 3.05. The molecule has 0 bridgehead atoms. The highest BCUT2D eigenvalue weighted by atomic mass is 16.6. The Morgan fingerprint density at radius 2 is 1.88 bits per heavy atom. The van der Waals surface area contributed by atoms with Crippen molar-refractivity contribution < 1.29 is 14.6 Å². The van der Waals surface area contributed by atoms with Gasteiger partial charge in [-0.15, -0.1) is 0 Å². The van der Waals surface area contributed by atoms with E-state index >= 15 is 0 Å². The standard InChI is InChI=1S/C22H23NO3/c24-21-17-5-2-1-4-16(17)14-19(21)23-10-8-15(9-11-23)18-6-3-7-20-22(18)26-13-12-25-20/h1-8,19,21,24H,9-14H2/t19-,21+/m0/s1. The van der Waals surface area contributed by atoms with E-state index < -0.39 is 0 Å². The second-order valence-electron chi connectivity index (χ2n) is 7.22. The first-order valence-electron chi connectivity index (χ1n) is 9.39. The fraction of sp³-hybridized carbons (Fsp3) is 0.364. The zero-order valence-corrected chi connectivity index (χ0v) is 14.7. The molecule has 0 spiro atoms. The molecule has 2 aromatic carbocycles. The minimum absolute atomic E-state index is 0.175. The summed E-state index contributed by atoms with van der Waals surface area (Å²) in [5.41, 5.74) is 4.84. The van der Waals surface area contributed by atoms with E-state index in [0.717, 1.165) is 48.6 Å². The molecule has 1 N–H and O–H groups in total. The van der Waals surface area contributed by atoms with Crippen molar-refractivity contribution in [2.75, 3.05) is 26.3 Å². The number of rotatable bonds is 2. The molecule has 2 atom stereocenters. The van der Waals surface area contributed by atoms with Gasteiger partial charge in [0.25, 0.3) is 0 Å². The molecular weight excluding hydrogens is 326 g/mol. The van der Waals surface area contributed by atoms with Crippen molar-refractivity contribution in [3.8, 4) is 11.5 Å². The third kappa shape index (κ3) is 2.61. The number of para-hydroxylation sites is 1. The molecule has 134 valence electrons. The highest BCUT2D eigenvalue weighted by Gasteiger charge is 2.35. The molecule has 2 heterocycles. The summed E-state index contributed by atoms with van der Waals surface area (Å²) in [6.45, 7) is 3.03. The van der Waals surface area contributed by atoms with Crippen molar-refractivity contribution in [3.63, 3.8) is 0 Å². The first-order valence-corrected chi connectivity index (χ1v) is 9.39. The Bertz CT molecular complexity index is 860. The van der Waals surface area contributed by atoms with Crippen LogP contribution in [0.4, 0.5) is 0 Å². The Hall–Kier alpha value is -2.30. The Morgan fingerprint density at radius 1 is 1.00 bits per heavy atom. The summed E-state index contributed by atoms with van der Waals surface area (Å²) in [6.07, 6.45) is 3.78. The number of aliphatic hydroxyl groups excluding tert-OH is 1. The third-order valence-corrected chi connectivity index (χ3v) is 5.79. The van der Waals surface area contributed by atoms with Gasteiger partial charge in [-0.3, -0.25) is 4.90 Å². The zero-order valence-electron chi connectivity index (χ0n) is 14.7. The number of ether oxygens (including phenoxy) is 2. The lowest BCUT2D eigenvalue weighted by Crippen LogP contribution is -2.40. The van der Waals surface area contributed by atoms with Crippen LogP contribution in [0.25, 0.3) is 5.57 Å². The topological polar surface area (TPSA) is 41.9 Å². The number of benzene rings is 2. The molecule has 0 unspecified atom stereocenters. The van der Waals surface area contributed by atoms with Gasteiger partial charge in [0.15, 0.2) is 11.5 Å². The molecule has 3 aliphatic rings. The van der Waals surface area contributed by atoms with Crippen LogP contribution in [0.15, 0.2) is 48.5 Å². The number of fused-ring (bicyclic) bond motifs is 2. The number of aliphatic hydroxyl groups is 1. The van der Waals surface area contributed by atoms with Gasteiger partial charge in [-0.25, -0.2) is 0 Å². The summed E-state index contributed by atoms with van der Waals surface area (Å²) in [6, 6.07) is 14.6. The second kappa shape index (κ2) is 6.45. The highest BCUT2D eigenvalue weighted by molar-refractivity contribution is 5.74. The Labute approximate surface area is 153 Å². The van der Waals surface area contributed by atoms with Crippen molar-refractivity contribution >= 4 is 5.57 Å². The summed E-state index contributed by atoms with van der Waals surface area (Å²) in [5.74, 6) is 1.73. The van der Waals surface area contributed by atoms with Crippen LogP contribution in [-0.2, 0) is 6.42 Å². The fourth-order valence-electron chi connectivity index (χ4n) is 4.44. The molecule has 0 saturated heterocycles. The molecular formula is C22H23NO3. The van der Waals surface area contributed by atoms with Gasteiger partial charge >= 0.3 is 0 Å². The first kappa shape index (κ1) is 15.9. The van der Waals surface area contributed by atoms with E-state index in [9.17, 15) is 5.11 Å². The molecule has 0 amide bonds. The van der Waals surface area contributed by atoms with E-state index in [1.54, 1.807) is 0 Å². The maximum absolute atomic E-state index is 10.7. The molecule has 5 rings (SSSR count). The molecule has 0 saturated carbocycles.